The van der Waals surface area contributed by atoms with E-state index in [4.69, 9.17) is 0 Å². The van der Waals surface area contributed by atoms with Gasteiger partial charge >= 0.3 is 0 Å². The van der Waals surface area contributed by atoms with Crippen LogP contribution >= 0.6 is 0 Å². The van der Waals surface area contributed by atoms with Gasteiger partial charge in [0.1, 0.15) is 0 Å². The van der Waals surface area contributed by atoms with Crippen molar-refractivity contribution >= 4 is 17.3 Å². The molecular formula is C49H90O6. The van der Waals surface area contributed by atoms with Crippen LogP contribution in [0.2, 0.25) is 0 Å². The molecule has 0 aliphatic heterocycles. The fraction of sp³-hybridized carbons (Fsp3) is 0.857. The first-order chi connectivity index (χ1) is 26.8. The van der Waals surface area contributed by atoms with E-state index in [0.717, 1.165) is 109 Å². The van der Waals surface area contributed by atoms with Crippen molar-refractivity contribution in [3.63, 3.8) is 0 Å². The predicted octanol–water partition coefficient (Wildman–Crippen LogP) is 13.4. The van der Waals surface area contributed by atoms with Crippen LogP contribution in [0.1, 0.15) is 252 Å². The van der Waals surface area contributed by atoms with Gasteiger partial charge in [-0.15, -0.1) is 0 Å². The summed E-state index contributed by atoms with van der Waals surface area (Å²) in [5.74, 6) is -2.50. The van der Waals surface area contributed by atoms with Gasteiger partial charge in [-0.25, -0.2) is 0 Å². The zero-order valence-corrected chi connectivity index (χ0v) is 36.5. The number of allylic oxidation sites excluding steroid dienone is 4. The number of aliphatic hydroxyl groups is 3. The molecule has 322 valence electrons. The minimum Gasteiger partial charge on any atom is -0.393 e. The number of hydrogen-bond acceptors (Lipinski definition) is 6. The van der Waals surface area contributed by atoms with E-state index < -0.39 is 35.2 Å². The molecule has 6 nitrogen and oxygen atoms in total. The molecular weight excluding hydrogens is 685 g/mol. The highest BCUT2D eigenvalue weighted by Gasteiger charge is 2.62. The Labute approximate surface area is 340 Å². The van der Waals surface area contributed by atoms with E-state index in [9.17, 15) is 29.7 Å². The number of unbranched alkanes of at least 4 members (excludes halogenated alkanes) is 28. The van der Waals surface area contributed by atoms with Crippen LogP contribution in [0.4, 0.5) is 0 Å². The van der Waals surface area contributed by atoms with Gasteiger partial charge in [-0.1, -0.05) is 186 Å². The highest BCUT2D eigenvalue weighted by molar-refractivity contribution is 6.16. The van der Waals surface area contributed by atoms with Crippen LogP contribution in [0.15, 0.2) is 24.3 Å². The molecule has 0 amide bonds. The molecule has 1 unspecified atom stereocenters. The number of carbonyl (C=O) groups is 3. The fourth-order valence-electron chi connectivity index (χ4n) is 7.55. The molecule has 55 heavy (non-hydrogen) atoms. The Bertz CT molecular complexity index is 918. The number of hydrogen-bond donors (Lipinski definition) is 3. The standard InChI is InChI=1S/C49H90O6/c1-4-7-10-13-16-18-20-22-24-26-28-30-33-36-39-42-46(52)49(55,48(54,44-50)45(51)41-38-35-32-15-12-9-6-3)47(53)43-40-37-34-31-29-27-25-23-21-19-17-14-11-8-5-2/h22-25,50,54-55H,4-21,26-44H2,1-3H3. The van der Waals surface area contributed by atoms with Crippen LogP contribution in [0.5, 0.6) is 0 Å². The SMILES string of the molecule is CCCCCCCCC=CCCCCCCCC(=O)C(O)(C(=O)CCCCCCCC=CCCCCCCCC)C(O)(CO)C(=O)CCCCCCCCC. The number of rotatable bonds is 43. The Morgan fingerprint density at radius 1 is 0.364 bits per heavy atom. The summed E-state index contributed by atoms with van der Waals surface area (Å²) in [7, 11) is 0. The van der Waals surface area contributed by atoms with Gasteiger partial charge in [0.05, 0.1) is 6.61 Å². The van der Waals surface area contributed by atoms with Gasteiger partial charge in [-0.05, 0) is 70.6 Å². The third-order valence-electron chi connectivity index (χ3n) is 11.4. The summed E-state index contributed by atoms with van der Waals surface area (Å²) in [6.07, 6.45) is 44.2. The molecule has 6 heteroatoms. The lowest BCUT2D eigenvalue weighted by molar-refractivity contribution is -0.194. The van der Waals surface area contributed by atoms with Crippen LogP contribution in [-0.4, -0.2) is 50.5 Å². The Morgan fingerprint density at radius 2 is 0.600 bits per heavy atom. The van der Waals surface area contributed by atoms with E-state index in [1.165, 1.54) is 83.5 Å². The summed E-state index contributed by atoms with van der Waals surface area (Å²) in [5.41, 5.74) is -5.76. The molecule has 0 aliphatic rings. The monoisotopic (exact) mass is 775 g/mol. The number of carbonyl (C=O) groups excluding carboxylic acids is 3. The maximum absolute atomic E-state index is 13.7. The van der Waals surface area contributed by atoms with Gasteiger partial charge in [0.2, 0.25) is 5.60 Å². The molecule has 0 rings (SSSR count). The van der Waals surface area contributed by atoms with Gasteiger partial charge in [0.25, 0.3) is 0 Å². The van der Waals surface area contributed by atoms with Crippen molar-refractivity contribution in [3.05, 3.63) is 24.3 Å². The summed E-state index contributed by atoms with van der Waals surface area (Å²) in [4.78, 5) is 40.8. The van der Waals surface area contributed by atoms with Crippen molar-refractivity contribution in [2.24, 2.45) is 0 Å². The molecule has 0 fully saturated rings. The second kappa shape index (κ2) is 37.9. The summed E-state index contributed by atoms with van der Waals surface area (Å²) in [6, 6.07) is 0. The Morgan fingerprint density at radius 3 is 0.873 bits per heavy atom. The summed E-state index contributed by atoms with van der Waals surface area (Å²) in [5, 5.41) is 33.7. The lowest BCUT2D eigenvalue weighted by atomic mass is 9.71. The Hall–Kier alpha value is -1.63. The topological polar surface area (TPSA) is 112 Å². The number of Topliss-reactive ketones (excluding diaryl/α,β-unsaturated/α-hetero) is 3. The molecule has 0 aromatic heterocycles. The van der Waals surface area contributed by atoms with Crippen molar-refractivity contribution in [1.82, 2.24) is 0 Å². The third kappa shape index (κ3) is 26.1. The average Bonchev–Trinajstić information content (AvgIpc) is 3.19. The van der Waals surface area contributed by atoms with Gasteiger partial charge in [-0.3, -0.25) is 14.4 Å². The van der Waals surface area contributed by atoms with Crippen LogP contribution in [-0.2, 0) is 14.4 Å². The molecule has 3 N–H and O–H groups in total. The van der Waals surface area contributed by atoms with Crippen molar-refractivity contribution in [2.45, 2.75) is 263 Å². The highest BCUT2D eigenvalue weighted by atomic mass is 16.4. The van der Waals surface area contributed by atoms with E-state index in [-0.39, 0.29) is 19.3 Å². The first-order valence-electron chi connectivity index (χ1n) is 23.7. The van der Waals surface area contributed by atoms with Crippen molar-refractivity contribution in [3.8, 4) is 0 Å². The molecule has 0 aliphatic carbocycles. The minimum absolute atomic E-state index is 0.0888. The second-order valence-electron chi connectivity index (χ2n) is 16.5. The Balaban J connectivity index is 4.93. The molecule has 0 saturated heterocycles. The van der Waals surface area contributed by atoms with E-state index in [1.807, 2.05) is 0 Å². The molecule has 0 radical (unpaired) electrons. The van der Waals surface area contributed by atoms with E-state index in [0.29, 0.717) is 19.3 Å². The van der Waals surface area contributed by atoms with Crippen molar-refractivity contribution in [1.29, 1.82) is 0 Å². The third-order valence-corrected chi connectivity index (χ3v) is 11.4. The molecule has 1 atom stereocenters. The molecule has 0 saturated carbocycles. The van der Waals surface area contributed by atoms with Gasteiger partial charge in [0.15, 0.2) is 23.0 Å². The summed E-state index contributed by atoms with van der Waals surface area (Å²) >= 11 is 0. The average molecular weight is 775 g/mol. The minimum atomic E-state index is -2.93. The second-order valence-corrected chi connectivity index (χ2v) is 16.5. The molecule has 0 spiro atoms. The predicted molar refractivity (Wildman–Crippen MR) is 234 cm³/mol. The quantitative estimate of drug-likeness (QED) is 0.0323. The lowest BCUT2D eigenvalue weighted by Crippen LogP contribution is -2.69. The van der Waals surface area contributed by atoms with Crippen LogP contribution in [0, 0.1) is 0 Å². The number of aliphatic hydroxyl groups excluding tert-OH is 1. The van der Waals surface area contributed by atoms with Crippen LogP contribution < -0.4 is 0 Å². The largest absolute Gasteiger partial charge is 0.393 e. The number of ketones is 3. The highest BCUT2D eigenvalue weighted by Crippen LogP contribution is 2.32. The first kappa shape index (κ1) is 53.4. The molecule has 0 bridgehead atoms. The summed E-state index contributed by atoms with van der Waals surface area (Å²) in [6.45, 7) is 5.49. The molecule has 0 aromatic carbocycles. The van der Waals surface area contributed by atoms with Gasteiger partial charge in [0, 0.05) is 19.3 Å². The smallest absolute Gasteiger partial charge is 0.219 e. The normalized spacial score (nSPS) is 14.1. The lowest BCUT2D eigenvalue weighted by Gasteiger charge is -2.39. The molecule has 0 heterocycles. The summed E-state index contributed by atoms with van der Waals surface area (Å²) < 4.78 is 0. The van der Waals surface area contributed by atoms with Crippen molar-refractivity contribution in [2.75, 3.05) is 6.61 Å². The maximum atomic E-state index is 13.7. The van der Waals surface area contributed by atoms with E-state index >= 15 is 0 Å². The molecule has 0 aromatic rings. The zero-order chi connectivity index (χ0) is 40.7. The van der Waals surface area contributed by atoms with Gasteiger partial charge < -0.3 is 15.3 Å². The maximum Gasteiger partial charge on any atom is 0.219 e. The van der Waals surface area contributed by atoms with Crippen molar-refractivity contribution < 1.29 is 29.7 Å². The van der Waals surface area contributed by atoms with Crippen LogP contribution in [0.3, 0.4) is 0 Å². The fourth-order valence-corrected chi connectivity index (χ4v) is 7.55. The van der Waals surface area contributed by atoms with E-state index in [1.54, 1.807) is 0 Å². The van der Waals surface area contributed by atoms with Crippen LogP contribution in [0.25, 0.3) is 0 Å². The zero-order valence-electron chi connectivity index (χ0n) is 36.5. The first-order valence-corrected chi connectivity index (χ1v) is 23.7. The Kier molecular flexibility index (Phi) is 36.8. The van der Waals surface area contributed by atoms with Gasteiger partial charge in [-0.2, -0.15) is 0 Å². The van der Waals surface area contributed by atoms with E-state index in [2.05, 4.69) is 45.1 Å².